The van der Waals surface area contributed by atoms with Gasteiger partial charge in [-0.1, -0.05) is 0 Å². The number of hydrogen-bond donors (Lipinski definition) is 1. The highest BCUT2D eigenvalue weighted by atomic mass is 32.1. The van der Waals surface area contributed by atoms with E-state index in [0.717, 1.165) is 0 Å². The van der Waals surface area contributed by atoms with Gasteiger partial charge in [-0.3, -0.25) is 9.78 Å². The van der Waals surface area contributed by atoms with Gasteiger partial charge in [0.25, 0.3) is 5.56 Å². The Morgan fingerprint density at radius 3 is 2.93 bits per heavy atom. The van der Waals surface area contributed by atoms with E-state index < -0.39 is 0 Å². The minimum Gasteiger partial charge on any atom is -0.382 e. The van der Waals surface area contributed by atoms with Gasteiger partial charge in [0.05, 0.1) is 19.8 Å². The van der Waals surface area contributed by atoms with Crippen molar-refractivity contribution in [1.29, 1.82) is 0 Å². The lowest BCUT2D eigenvalue weighted by Crippen LogP contribution is -2.14. The summed E-state index contributed by atoms with van der Waals surface area (Å²) >= 11 is 4.97. The minimum atomic E-state index is -0.184. The third-order valence-electron chi connectivity index (χ3n) is 1.81. The summed E-state index contributed by atoms with van der Waals surface area (Å²) in [4.78, 5) is 13.4. The van der Waals surface area contributed by atoms with Crippen LogP contribution in [0.2, 0.25) is 0 Å². The largest absolute Gasteiger partial charge is 0.382 e. The van der Waals surface area contributed by atoms with Gasteiger partial charge < -0.3 is 14.0 Å². The molecule has 15 heavy (non-hydrogen) atoms. The molecular formula is C9H14N2O3S. The van der Waals surface area contributed by atoms with Crippen molar-refractivity contribution in [2.75, 3.05) is 26.9 Å². The molecule has 0 saturated heterocycles. The van der Waals surface area contributed by atoms with Crippen LogP contribution in [-0.4, -0.2) is 36.5 Å². The Morgan fingerprint density at radius 1 is 1.47 bits per heavy atom. The number of aromatic nitrogens is 2. The molecule has 0 bridgehead atoms. The SMILES string of the molecule is COCCOCCn1ccc(=O)[nH]c1=S. The van der Waals surface area contributed by atoms with Crippen molar-refractivity contribution < 1.29 is 9.47 Å². The highest BCUT2D eigenvalue weighted by Crippen LogP contribution is 1.87. The van der Waals surface area contributed by atoms with Gasteiger partial charge in [0.1, 0.15) is 0 Å². The molecule has 1 aromatic rings. The van der Waals surface area contributed by atoms with Crippen LogP contribution in [0.15, 0.2) is 17.1 Å². The van der Waals surface area contributed by atoms with Gasteiger partial charge in [-0.2, -0.15) is 0 Å². The Bertz CT molecular complexity index is 399. The van der Waals surface area contributed by atoms with E-state index in [9.17, 15) is 4.79 Å². The van der Waals surface area contributed by atoms with Gasteiger partial charge in [-0.15, -0.1) is 0 Å². The normalized spacial score (nSPS) is 10.5. The number of nitrogens with zero attached hydrogens (tertiary/aromatic N) is 1. The molecule has 1 aromatic heterocycles. The van der Waals surface area contributed by atoms with E-state index in [0.29, 0.717) is 31.1 Å². The first kappa shape index (κ1) is 12.1. The maximum Gasteiger partial charge on any atom is 0.251 e. The summed E-state index contributed by atoms with van der Waals surface area (Å²) in [7, 11) is 1.63. The second-order valence-corrected chi connectivity index (χ2v) is 3.30. The molecule has 6 heteroatoms. The first-order valence-electron chi connectivity index (χ1n) is 4.60. The Morgan fingerprint density at radius 2 is 2.27 bits per heavy atom. The molecule has 84 valence electrons. The van der Waals surface area contributed by atoms with Gasteiger partial charge in [0.15, 0.2) is 4.77 Å². The highest BCUT2D eigenvalue weighted by Gasteiger charge is 1.93. The summed E-state index contributed by atoms with van der Waals surface area (Å²) in [5, 5.41) is 0. The van der Waals surface area contributed by atoms with Crippen molar-refractivity contribution in [1.82, 2.24) is 9.55 Å². The van der Waals surface area contributed by atoms with Crippen LogP contribution in [0.1, 0.15) is 0 Å². The van der Waals surface area contributed by atoms with Crippen molar-refractivity contribution in [3.63, 3.8) is 0 Å². The van der Waals surface area contributed by atoms with E-state index in [1.54, 1.807) is 17.9 Å². The molecular weight excluding hydrogens is 216 g/mol. The molecule has 0 radical (unpaired) electrons. The molecule has 0 amide bonds. The predicted molar refractivity (Wildman–Crippen MR) is 58.6 cm³/mol. The quantitative estimate of drug-likeness (QED) is 0.573. The second-order valence-electron chi connectivity index (χ2n) is 2.91. The van der Waals surface area contributed by atoms with Crippen LogP contribution in [0, 0.1) is 4.77 Å². The average molecular weight is 230 g/mol. The molecule has 0 spiro atoms. The van der Waals surface area contributed by atoms with Crippen LogP contribution in [0.3, 0.4) is 0 Å². The fraction of sp³-hybridized carbons (Fsp3) is 0.556. The zero-order valence-corrected chi connectivity index (χ0v) is 9.38. The third-order valence-corrected chi connectivity index (χ3v) is 2.14. The van der Waals surface area contributed by atoms with E-state index in [1.165, 1.54) is 6.07 Å². The van der Waals surface area contributed by atoms with Gasteiger partial charge in [0.2, 0.25) is 0 Å². The molecule has 0 fully saturated rings. The lowest BCUT2D eigenvalue weighted by atomic mass is 10.6. The maximum atomic E-state index is 10.9. The summed E-state index contributed by atoms with van der Waals surface area (Å²) in [6.07, 6.45) is 1.65. The molecule has 0 aliphatic carbocycles. The first-order chi connectivity index (χ1) is 7.24. The van der Waals surface area contributed by atoms with Gasteiger partial charge in [-0.05, 0) is 12.2 Å². The average Bonchev–Trinajstić information content (AvgIpc) is 2.20. The lowest BCUT2D eigenvalue weighted by Gasteiger charge is -2.06. The van der Waals surface area contributed by atoms with Crippen molar-refractivity contribution >= 4 is 12.2 Å². The Balaban J connectivity index is 2.38. The molecule has 0 aromatic carbocycles. The third kappa shape index (κ3) is 4.37. The van der Waals surface area contributed by atoms with Crippen LogP contribution < -0.4 is 5.56 Å². The van der Waals surface area contributed by atoms with Crippen molar-refractivity contribution in [3.8, 4) is 0 Å². The summed E-state index contributed by atoms with van der Waals surface area (Å²) in [6.45, 7) is 2.31. The fourth-order valence-corrected chi connectivity index (χ4v) is 1.28. The van der Waals surface area contributed by atoms with Crippen LogP contribution in [0.4, 0.5) is 0 Å². The van der Waals surface area contributed by atoms with Crippen LogP contribution in [0.5, 0.6) is 0 Å². The van der Waals surface area contributed by atoms with E-state index in [2.05, 4.69) is 4.98 Å². The van der Waals surface area contributed by atoms with Gasteiger partial charge in [0, 0.05) is 25.9 Å². The summed E-state index contributed by atoms with van der Waals surface area (Å²) < 4.78 is 12.3. The Kier molecular flexibility index (Phi) is 5.23. The number of hydrogen-bond acceptors (Lipinski definition) is 4. The Hall–Kier alpha value is -0.980. The number of ether oxygens (including phenoxy) is 2. The summed E-state index contributed by atoms with van der Waals surface area (Å²) in [6, 6.07) is 1.44. The van der Waals surface area contributed by atoms with Crippen molar-refractivity contribution in [2.24, 2.45) is 0 Å². The minimum absolute atomic E-state index is 0.184. The van der Waals surface area contributed by atoms with Crippen LogP contribution in [-0.2, 0) is 16.0 Å². The topological polar surface area (TPSA) is 56.2 Å². The van der Waals surface area contributed by atoms with E-state index >= 15 is 0 Å². The summed E-state index contributed by atoms with van der Waals surface area (Å²) in [5.74, 6) is 0. The predicted octanol–water partition coefficient (Wildman–Crippen LogP) is 0.569. The lowest BCUT2D eigenvalue weighted by molar-refractivity contribution is 0.0663. The van der Waals surface area contributed by atoms with E-state index in [-0.39, 0.29) is 5.56 Å². The van der Waals surface area contributed by atoms with Gasteiger partial charge >= 0.3 is 0 Å². The van der Waals surface area contributed by atoms with E-state index in [4.69, 9.17) is 21.7 Å². The molecule has 1 N–H and O–H groups in total. The fourth-order valence-electron chi connectivity index (χ4n) is 1.03. The molecule has 1 heterocycles. The number of rotatable bonds is 6. The van der Waals surface area contributed by atoms with Crippen molar-refractivity contribution in [3.05, 3.63) is 27.4 Å². The number of H-pyrrole nitrogens is 1. The van der Waals surface area contributed by atoms with Gasteiger partial charge in [-0.25, -0.2) is 0 Å². The number of aromatic amines is 1. The van der Waals surface area contributed by atoms with Crippen molar-refractivity contribution in [2.45, 2.75) is 6.54 Å². The molecule has 0 saturated carbocycles. The zero-order valence-electron chi connectivity index (χ0n) is 8.56. The standard InChI is InChI=1S/C9H14N2O3S/c1-13-6-7-14-5-4-11-3-2-8(12)10-9(11)15/h2-3H,4-7H2,1H3,(H,10,12,15). The van der Waals surface area contributed by atoms with Crippen LogP contribution >= 0.6 is 12.2 Å². The molecule has 1 rings (SSSR count). The molecule has 5 nitrogen and oxygen atoms in total. The smallest absolute Gasteiger partial charge is 0.251 e. The monoisotopic (exact) mass is 230 g/mol. The maximum absolute atomic E-state index is 10.9. The summed E-state index contributed by atoms with van der Waals surface area (Å²) in [5.41, 5.74) is -0.184. The number of nitrogens with one attached hydrogen (secondary N) is 1. The molecule has 0 unspecified atom stereocenters. The molecule has 0 atom stereocenters. The Labute approximate surface area is 92.7 Å². The highest BCUT2D eigenvalue weighted by molar-refractivity contribution is 7.71. The second kappa shape index (κ2) is 6.49. The van der Waals surface area contributed by atoms with Crippen LogP contribution in [0.25, 0.3) is 0 Å². The zero-order chi connectivity index (χ0) is 11.1. The van der Waals surface area contributed by atoms with E-state index in [1.807, 2.05) is 0 Å². The molecule has 0 aliphatic rings. The molecule has 0 aliphatic heterocycles. The number of methoxy groups -OCH3 is 1. The first-order valence-corrected chi connectivity index (χ1v) is 5.01.